The zero-order valence-corrected chi connectivity index (χ0v) is 40.3. The highest BCUT2D eigenvalue weighted by Crippen LogP contribution is 2.55. The second kappa shape index (κ2) is 15.6. The molecule has 2 aromatic heterocycles. The lowest BCUT2D eigenvalue weighted by Gasteiger charge is -2.34. The number of hydrogen-bond acceptors (Lipinski definition) is 4. The summed E-state index contributed by atoms with van der Waals surface area (Å²) in [5, 5.41) is 13.5. The summed E-state index contributed by atoms with van der Waals surface area (Å²) in [4.78, 5) is 4.96. The molecule has 4 nitrogen and oxygen atoms in total. The summed E-state index contributed by atoms with van der Waals surface area (Å²) in [6.45, 7) is 13.9. The molecule has 0 atom stereocenters. The predicted octanol–water partition coefficient (Wildman–Crippen LogP) is 19.6. The van der Waals surface area contributed by atoms with E-state index in [2.05, 4.69) is 258 Å². The van der Waals surface area contributed by atoms with E-state index >= 15 is 0 Å². The molecule has 0 aliphatic heterocycles. The summed E-state index contributed by atoms with van der Waals surface area (Å²) in [6.07, 6.45) is 0. The molecule has 338 valence electrons. The van der Waals surface area contributed by atoms with Crippen LogP contribution < -0.4 is 9.80 Å². The van der Waals surface area contributed by atoms with Crippen molar-refractivity contribution in [2.45, 2.75) is 52.4 Å². The van der Waals surface area contributed by atoms with Crippen molar-refractivity contribution >= 4 is 121 Å². The Morgan fingerprint density at radius 2 is 0.686 bits per heavy atom. The van der Waals surface area contributed by atoms with Crippen molar-refractivity contribution in [1.29, 1.82) is 0 Å². The van der Waals surface area contributed by atoms with Crippen molar-refractivity contribution in [3.8, 4) is 0 Å². The molecule has 0 aliphatic carbocycles. The Balaban J connectivity index is 1.23. The van der Waals surface area contributed by atoms with Crippen molar-refractivity contribution in [3.05, 3.63) is 217 Å². The molecule has 13 rings (SSSR count). The van der Waals surface area contributed by atoms with E-state index in [9.17, 15) is 0 Å². The highest BCUT2D eigenvalue weighted by atomic mass is 16.3. The van der Waals surface area contributed by atoms with Gasteiger partial charge in [0.2, 0.25) is 0 Å². The number of fused-ring (bicyclic) bond motifs is 10. The minimum absolute atomic E-state index is 0.152. The van der Waals surface area contributed by atoms with Crippen LogP contribution in [-0.2, 0) is 10.8 Å². The maximum absolute atomic E-state index is 6.98. The van der Waals surface area contributed by atoms with Crippen molar-refractivity contribution in [1.82, 2.24) is 0 Å². The molecule has 4 heteroatoms. The Hall–Kier alpha value is -8.34. The largest absolute Gasteiger partial charge is 0.454 e. The van der Waals surface area contributed by atoms with Gasteiger partial charge in [-0.05, 0) is 104 Å². The highest BCUT2D eigenvalue weighted by Gasteiger charge is 2.31. The molecule has 70 heavy (non-hydrogen) atoms. The minimum Gasteiger partial charge on any atom is -0.454 e. The standard InChI is InChI=1S/C66H52N2O2/c1-65(2,3)45-31-35-51-55(39-45)61(67(47-33-29-41-17-7-9-19-43(41)37-47)57-25-15-23-53-49-21-11-13-27-59(49)69-63(53)57)52-36-32-46(66(4,5)6)40-56(52)62(51)68(48-34-30-42-18-8-10-20-44(42)38-48)58-26-16-24-54-50-22-12-14-28-60(50)70-64(54)58/h7-40H,1-6H3. The first kappa shape index (κ1) is 41.8. The monoisotopic (exact) mass is 904 g/mol. The molecule has 13 aromatic rings. The van der Waals surface area contributed by atoms with Crippen LogP contribution in [0.3, 0.4) is 0 Å². The Kier molecular flexibility index (Phi) is 9.32. The molecular formula is C66H52N2O2. The topological polar surface area (TPSA) is 32.8 Å². The summed E-state index contributed by atoms with van der Waals surface area (Å²) in [6, 6.07) is 75.4. The van der Waals surface area contributed by atoms with Gasteiger partial charge in [-0.3, -0.25) is 0 Å². The second-order valence-corrected chi connectivity index (χ2v) is 21.0. The van der Waals surface area contributed by atoms with E-state index < -0.39 is 0 Å². The molecular weight excluding hydrogens is 853 g/mol. The average Bonchev–Trinajstić information content (AvgIpc) is 3.96. The summed E-state index contributed by atoms with van der Waals surface area (Å²) >= 11 is 0. The van der Waals surface area contributed by atoms with Gasteiger partial charge >= 0.3 is 0 Å². The van der Waals surface area contributed by atoms with Gasteiger partial charge in [-0.1, -0.05) is 187 Å². The zero-order valence-electron chi connectivity index (χ0n) is 40.3. The van der Waals surface area contributed by atoms with Crippen LogP contribution in [0, 0.1) is 0 Å². The van der Waals surface area contributed by atoms with Crippen LogP contribution in [0.15, 0.2) is 215 Å². The van der Waals surface area contributed by atoms with Gasteiger partial charge in [-0.25, -0.2) is 0 Å². The van der Waals surface area contributed by atoms with Crippen molar-refractivity contribution in [2.75, 3.05) is 9.80 Å². The fourth-order valence-electron chi connectivity index (χ4n) is 10.8. The Morgan fingerprint density at radius 3 is 1.11 bits per heavy atom. The van der Waals surface area contributed by atoms with Crippen molar-refractivity contribution < 1.29 is 8.83 Å². The van der Waals surface area contributed by atoms with Gasteiger partial charge in [-0.2, -0.15) is 0 Å². The lowest BCUT2D eigenvalue weighted by atomic mass is 9.82. The SMILES string of the molecule is CC(C)(C)c1ccc2c(N(c3ccc4ccccc4c3)c3cccc4c3oc3ccccc34)c3cc(C(C)(C)C)ccc3c(N(c3ccc4ccccc4c3)c3cccc4c3oc3ccccc34)c2c1. The summed E-state index contributed by atoms with van der Waals surface area (Å²) < 4.78 is 14.0. The lowest BCUT2D eigenvalue weighted by molar-refractivity contribution is 0.590. The molecule has 0 N–H and O–H groups in total. The zero-order chi connectivity index (χ0) is 47.5. The quantitative estimate of drug-likeness (QED) is 0.123. The predicted molar refractivity (Wildman–Crippen MR) is 298 cm³/mol. The Labute approximate surface area is 407 Å². The molecule has 0 spiro atoms. The van der Waals surface area contributed by atoms with E-state index in [0.29, 0.717) is 0 Å². The third-order valence-corrected chi connectivity index (χ3v) is 14.5. The van der Waals surface area contributed by atoms with Crippen molar-refractivity contribution in [2.24, 2.45) is 0 Å². The summed E-state index contributed by atoms with van der Waals surface area (Å²) in [5.74, 6) is 0. The van der Waals surface area contributed by atoms with Gasteiger partial charge in [0.25, 0.3) is 0 Å². The number of hydrogen-bond donors (Lipinski definition) is 0. The third-order valence-electron chi connectivity index (χ3n) is 14.5. The van der Waals surface area contributed by atoms with Crippen LogP contribution in [0.25, 0.3) is 87.0 Å². The van der Waals surface area contributed by atoms with Gasteiger partial charge in [0.05, 0.1) is 22.7 Å². The second-order valence-electron chi connectivity index (χ2n) is 21.0. The van der Waals surface area contributed by atoms with E-state index in [1.807, 2.05) is 0 Å². The maximum atomic E-state index is 6.98. The molecule has 0 saturated heterocycles. The van der Waals surface area contributed by atoms with Gasteiger partial charge < -0.3 is 18.6 Å². The maximum Gasteiger partial charge on any atom is 0.159 e. The first-order valence-electron chi connectivity index (χ1n) is 24.4. The molecule has 11 aromatic carbocycles. The summed E-state index contributed by atoms with van der Waals surface area (Å²) in [7, 11) is 0. The van der Waals surface area contributed by atoms with Crippen LogP contribution >= 0.6 is 0 Å². The van der Waals surface area contributed by atoms with E-state index in [-0.39, 0.29) is 10.8 Å². The highest BCUT2D eigenvalue weighted by molar-refractivity contribution is 6.26. The van der Waals surface area contributed by atoms with E-state index in [0.717, 1.165) is 99.5 Å². The van der Waals surface area contributed by atoms with Crippen LogP contribution in [0.5, 0.6) is 0 Å². The smallest absolute Gasteiger partial charge is 0.159 e. The minimum atomic E-state index is -0.152. The number of para-hydroxylation sites is 4. The molecule has 0 fully saturated rings. The molecule has 2 heterocycles. The van der Waals surface area contributed by atoms with Gasteiger partial charge in [-0.15, -0.1) is 0 Å². The lowest BCUT2D eigenvalue weighted by Crippen LogP contribution is -2.17. The van der Waals surface area contributed by atoms with Crippen LogP contribution in [-0.4, -0.2) is 0 Å². The summed E-state index contributed by atoms with van der Waals surface area (Å²) in [5.41, 5.74) is 11.8. The number of nitrogens with zero attached hydrogens (tertiary/aromatic N) is 2. The van der Waals surface area contributed by atoms with Crippen LogP contribution in [0.4, 0.5) is 34.1 Å². The Morgan fingerprint density at radius 1 is 0.300 bits per heavy atom. The molecule has 0 radical (unpaired) electrons. The first-order chi connectivity index (χ1) is 34.0. The van der Waals surface area contributed by atoms with E-state index in [1.165, 1.54) is 32.7 Å². The number of benzene rings is 11. The molecule has 0 bridgehead atoms. The van der Waals surface area contributed by atoms with Gasteiger partial charge in [0.15, 0.2) is 11.2 Å². The molecule has 0 amide bonds. The fraction of sp³-hybridized carbons (Fsp3) is 0.121. The number of furan rings is 2. The normalized spacial score (nSPS) is 12.4. The Bertz CT molecular complexity index is 3960. The van der Waals surface area contributed by atoms with Crippen LogP contribution in [0.2, 0.25) is 0 Å². The number of anilines is 6. The van der Waals surface area contributed by atoms with E-state index in [1.54, 1.807) is 0 Å². The molecule has 0 aliphatic rings. The first-order valence-corrected chi connectivity index (χ1v) is 24.4. The van der Waals surface area contributed by atoms with Gasteiger partial charge in [0, 0.05) is 54.5 Å². The molecule has 0 unspecified atom stereocenters. The third kappa shape index (κ3) is 6.65. The van der Waals surface area contributed by atoms with Gasteiger partial charge in [0.1, 0.15) is 11.2 Å². The van der Waals surface area contributed by atoms with Crippen molar-refractivity contribution in [3.63, 3.8) is 0 Å². The molecule has 0 saturated carbocycles. The van der Waals surface area contributed by atoms with Crippen LogP contribution in [0.1, 0.15) is 52.7 Å². The van der Waals surface area contributed by atoms with E-state index in [4.69, 9.17) is 8.83 Å². The number of rotatable bonds is 6. The fourth-order valence-corrected chi connectivity index (χ4v) is 10.8. The average molecular weight is 905 g/mol.